The minimum atomic E-state index is -0.350. The molecule has 6 nitrogen and oxygen atoms in total. The second-order valence-corrected chi connectivity index (χ2v) is 8.27. The number of aromatic nitrogens is 2. The van der Waals surface area contributed by atoms with Crippen molar-refractivity contribution in [3.63, 3.8) is 0 Å². The Hall–Kier alpha value is -2.38. The molecule has 0 bridgehead atoms. The second-order valence-electron chi connectivity index (χ2n) is 6.98. The van der Waals surface area contributed by atoms with Crippen LogP contribution in [-0.4, -0.2) is 39.0 Å². The van der Waals surface area contributed by atoms with Crippen LogP contribution in [0.15, 0.2) is 41.1 Å². The minimum Gasteiger partial charge on any atom is -0.463 e. The maximum atomic E-state index is 12.8. The van der Waals surface area contributed by atoms with E-state index < -0.39 is 0 Å². The van der Waals surface area contributed by atoms with E-state index in [4.69, 9.17) is 9.15 Å². The van der Waals surface area contributed by atoms with Crippen molar-refractivity contribution in [2.24, 2.45) is 0 Å². The van der Waals surface area contributed by atoms with Crippen LogP contribution in [0.3, 0.4) is 0 Å². The molecule has 5 heterocycles. The van der Waals surface area contributed by atoms with Gasteiger partial charge in [0.15, 0.2) is 5.76 Å². The molecule has 1 spiro atoms. The van der Waals surface area contributed by atoms with Gasteiger partial charge in [0.25, 0.3) is 5.91 Å². The van der Waals surface area contributed by atoms with Crippen LogP contribution in [0, 0.1) is 6.92 Å². The number of rotatable bonds is 2. The summed E-state index contributed by atoms with van der Waals surface area (Å²) in [4.78, 5) is 21.1. The van der Waals surface area contributed by atoms with Gasteiger partial charge in [-0.15, -0.1) is 11.3 Å². The lowest BCUT2D eigenvalue weighted by Gasteiger charge is -2.35. The fourth-order valence-corrected chi connectivity index (χ4v) is 4.68. The summed E-state index contributed by atoms with van der Waals surface area (Å²) >= 11 is 1.55. The summed E-state index contributed by atoms with van der Waals surface area (Å²) in [6, 6.07) is 7.73. The normalized spacial score (nSPS) is 22.1. The molecule has 5 rings (SSSR count). The second kappa shape index (κ2) is 5.82. The predicted molar refractivity (Wildman–Crippen MR) is 97.0 cm³/mol. The van der Waals surface area contributed by atoms with Crippen molar-refractivity contribution in [2.45, 2.75) is 32.1 Å². The quantitative estimate of drug-likeness (QED) is 0.695. The SMILES string of the molecule is Cc1ccc(C(=O)N2CCC3(C2)Cn2c(-c4ccco4)cnc2CO3)s1. The van der Waals surface area contributed by atoms with Crippen LogP contribution in [0.2, 0.25) is 0 Å². The highest BCUT2D eigenvalue weighted by Crippen LogP contribution is 2.36. The fraction of sp³-hybridized carbons (Fsp3) is 0.368. The molecule has 2 aliphatic rings. The largest absolute Gasteiger partial charge is 0.463 e. The van der Waals surface area contributed by atoms with Gasteiger partial charge in [0, 0.05) is 11.4 Å². The molecular formula is C19H19N3O3S. The maximum absolute atomic E-state index is 12.8. The highest BCUT2D eigenvalue weighted by Gasteiger charge is 2.45. The van der Waals surface area contributed by atoms with Crippen molar-refractivity contribution in [1.82, 2.24) is 14.5 Å². The summed E-state index contributed by atoms with van der Waals surface area (Å²) < 4.78 is 13.9. The molecule has 26 heavy (non-hydrogen) atoms. The third-order valence-electron chi connectivity index (χ3n) is 5.22. The number of ether oxygens (including phenoxy) is 1. The van der Waals surface area contributed by atoms with Crippen LogP contribution in [0.1, 0.15) is 26.8 Å². The van der Waals surface area contributed by atoms with Gasteiger partial charge in [-0.25, -0.2) is 4.98 Å². The molecule has 1 unspecified atom stereocenters. The molecular weight excluding hydrogens is 350 g/mol. The molecule has 0 radical (unpaired) electrons. The Kier molecular flexibility index (Phi) is 3.55. The lowest BCUT2D eigenvalue weighted by atomic mass is 10.0. The van der Waals surface area contributed by atoms with Crippen molar-refractivity contribution in [3.8, 4) is 11.5 Å². The Bertz CT molecular complexity index is 959. The van der Waals surface area contributed by atoms with Gasteiger partial charge in [-0.3, -0.25) is 4.79 Å². The Morgan fingerprint density at radius 1 is 1.31 bits per heavy atom. The summed E-state index contributed by atoms with van der Waals surface area (Å²) in [5, 5.41) is 0. The van der Waals surface area contributed by atoms with E-state index in [2.05, 4.69) is 9.55 Å². The molecule has 1 saturated heterocycles. The fourth-order valence-electron chi connectivity index (χ4n) is 3.85. The van der Waals surface area contributed by atoms with Gasteiger partial charge in [-0.05, 0) is 37.6 Å². The van der Waals surface area contributed by atoms with Crippen molar-refractivity contribution < 1.29 is 13.9 Å². The lowest BCUT2D eigenvalue weighted by molar-refractivity contribution is -0.0805. The smallest absolute Gasteiger partial charge is 0.264 e. The third kappa shape index (κ3) is 2.50. The number of carbonyl (C=O) groups is 1. The molecule has 7 heteroatoms. The Morgan fingerprint density at radius 3 is 3.00 bits per heavy atom. The first-order chi connectivity index (χ1) is 12.6. The molecule has 134 valence electrons. The van der Waals surface area contributed by atoms with Crippen molar-refractivity contribution >= 4 is 17.2 Å². The Morgan fingerprint density at radius 2 is 2.23 bits per heavy atom. The molecule has 3 aromatic heterocycles. The van der Waals surface area contributed by atoms with E-state index in [0.29, 0.717) is 19.7 Å². The van der Waals surface area contributed by atoms with Crippen molar-refractivity contribution in [1.29, 1.82) is 0 Å². The number of furan rings is 1. The highest BCUT2D eigenvalue weighted by atomic mass is 32.1. The van der Waals surface area contributed by atoms with E-state index in [1.54, 1.807) is 17.6 Å². The number of hydrogen-bond acceptors (Lipinski definition) is 5. The average molecular weight is 369 g/mol. The summed E-state index contributed by atoms with van der Waals surface area (Å²) in [5.74, 6) is 1.81. The summed E-state index contributed by atoms with van der Waals surface area (Å²) in [6.07, 6.45) is 4.34. The Balaban J connectivity index is 1.39. The molecule has 0 aromatic carbocycles. The standard InChI is InChI=1S/C19H19N3O3S/c1-13-4-5-16(26-13)18(23)21-7-6-19(11-21)12-22-14(15-3-2-8-24-15)9-20-17(22)10-25-19/h2-5,8-9H,6-7,10-12H2,1H3. The van der Waals surface area contributed by atoms with Gasteiger partial charge in [0.05, 0.1) is 30.4 Å². The number of carbonyl (C=O) groups excluding carboxylic acids is 1. The first kappa shape index (κ1) is 15.8. The zero-order valence-corrected chi connectivity index (χ0v) is 15.3. The minimum absolute atomic E-state index is 0.103. The number of aryl methyl sites for hydroxylation is 1. The number of fused-ring (bicyclic) bond motifs is 1. The van der Waals surface area contributed by atoms with Crippen LogP contribution in [-0.2, 0) is 17.9 Å². The van der Waals surface area contributed by atoms with Crippen molar-refractivity contribution in [3.05, 3.63) is 52.3 Å². The molecule has 0 saturated carbocycles. The van der Waals surface area contributed by atoms with Crippen LogP contribution < -0.4 is 0 Å². The zero-order valence-electron chi connectivity index (χ0n) is 14.5. The van der Waals surface area contributed by atoms with Gasteiger partial charge >= 0.3 is 0 Å². The Labute approximate surface area is 155 Å². The molecule has 0 aliphatic carbocycles. The highest BCUT2D eigenvalue weighted by molar-refractivity contribution is 7.13. The van der Waals surface area contributed by atoms with E-state index >= 15 is 0 Å². The van der Waals surface area contributed by atoms with Gasteiger partial charge in [-0.1, -0.05) is 0 Å². The van der Waals surface area contributed by atoms with Gasteiger partial charge in [-0.2, -0.15) is 0 Å². The van der Waals surface area contributed by atoms with E-state index in [-0.39, 0.29) is 11.5 Å². The number of imidazole rings is 1. The zero-order chi connectivity index (χ0) is 17.7. The number of likely N-dealkylation sites (tertiary alicyclic amines) is 1. The number of hydrogen-bond donors (Lipinski definition) is 0. The molecule has 1 amide bonds. The van der Waals surface area contributed by atoms with E-state index in [0.717, 1.165) is 40.0 Å². The van der Waals surface area contributed by atoms with Crippen LogP contribution >= 0.6 is 11.3 Å². The van der Waals surface area contributed by atoms with Crippen LogP contribution in [0.25, 0.3) is 11.5 Å². The van der Waals surface area contributed by atoms with Gasteiger partial charge in [0.1, 0.15) is 23.7 Å². The number of nitrogens with zero attached hydrogens (tertiary/aromatic N) is 3. The maximum Gasteiger partial charge on any atom is 0.264 e. The van der Waals surface area contributed by atoms with Gasteiger partial charge in [0.2, 0.25) is 0 Å². The first-order valence-corrected chi connectivity index (χ1v) is 9.53. The summed E-state index contributed by atoms with van der Waals surface area (Å²) in [5.41, 5.74) is 0.614. The molecule has 0 N–H and O–H groups in total. The number of thiophene rings is 1. The van der Waals surface area contributed by atoms with Gasteiger partial charge < -0.3 is 18.6 Å². The topological polar surface area (TPSA) is 60.5 Å². The summed E-state index contributed by atoms with van der Waals surface area (Å²) in [7, 11) is 0. The average Bonchev–Trinajstić information content (AvgIpc) is 3.41. The first-order valence-electron chi connectivity index (χ1n) is 8.72. The van der Waals surface area contributed by atoms with E-state index in [9.17, 15) is 4.79 Å². The van der Waals surface area contributed by atoms with E-state index in [1.165, 1.54) is 0 Å². The molecule has 1 atom stereocenters. The number of amides is 1. The summed E-state index contributed by atoms with van der Waals surface area (Å²) in [6.45, 7) is 4.49. The van der Waals surface area contributed by atoms with Crippen LogP contribution in [0.5, 0.6) is 0 Å². The molecule has 2 aliphatic heterocycles. The van der Waals surface area contributed by atoms with Crippen LogP contribution in [0.4, 0.5) is 0 Å². The lowest BCUT2D eigenvalue weighted by Crippen LogP contribution is -2.45. The molecule has 3 aromatic rings. The monoisotopic (exact) mass is 369 g/mol. The third-order valence-corrected chi connectivity index (χ3v) is 6.21. The van der Waals surface area contributed by atoms with Crippen molar-refractivity contribution in [2.75, 3.05) is 13.1 Å². The predicted octanol–water partition coefficient (Wildman–Crippen LogP) is 3.33. The molecule has 1 fully saturated rings. The van der Waals surface area contributed by atoms with E-state index in [1.807, 2.05) is 42.3 Å².